The topological polar surface area (TPSA) is 167 Å². The summed E-state index contributed by atoms with van der Waals surface area (Å²) in [5.41, 5.74) is 6.33. The maximum Gasteiger partial charge on any atom is 0.407 e. The van der Waals surface area contributed by atoms with Crippen molar-refractivity contribution in [3.8, 4) is 11.5 Å². The summed E-state index contributed by atoms with van der Waals surface area (Å²) in [6.45, 7) is 0.141. The molecule has 16 heteroatoms. The normalized spacial score (nSPS) is 18.1. The second-order valence-corrected chi connectivity index (χ2v) is 11.2. The number of alkyl carbamates (subject to hydrolysis) is 2. The molecule has 0 spiro atoms. The lowest BCUT2D eigenvalue weighted by Gasteiger charge is -2.36. The first-order chi connectivity index (χ1) is 21.5. The molecule has 4 amide bonds. The van der Waals surface area contributed by atoms with Gasteiger partial charge in [0.05, 0.1) is 11.6 Å². The van der Waals surface area contributed by atoms with Crippen LogP contribution in [-0.2, 0) is 25.5 Å². The molecule has 12 nitrogen and oxygen atoms in total. The average molecular weight is 734 g/mol. The van der Waals surface area contributed by atoms with Crippen molar-refractivity contribution in [2.45, 2.75) is 37.2 Å². The number of ether oxygens (including phenoxy) is 4. The van der Waals surface area contributed by atoms with Gasteiger partial charge in [0.2, 0.25) is 11.8 Å². The van der Waals surface area contributed by atoms with Gasteiger partial charge in [0.25, 0.3) is 0 Å². The van der Waals surface area contributed by atoms with Crippen LogP contribution in [0.15, 0.2) is 58.6 Å². The molecule has 45 heavy (non-hydrogen) atoms. The molecule has 244 valence electrons. The highest BCUT2D eigenvalue weighted by molar-refractivity contribution is 9.10. The Balaban J connectivity index is 1.96. The highest BCUT2D eigenvalue weighted by Crippen LogP contribution is 2.32. The molecular weight excluding hydrogens is 702 g/mol. The van der Waals surface area contributed by atoms with E-state index in [9.17, 15) is 23.6 Å². The lowest BCUT2D eigenvalue weighted by molar-refractivity contribution is -0.126. The van der Waals surface area contributed by atoms with Crippen molar-refractivity contribution in [3.05, 3.63) is 70.0 Å². The van der Waals surface area contributed by atoms with E-state index in [-0.39, 0.29) is 49.0 Å². The minimum absolute atomic E-state index is 0.00698. The van der Waals surface area contributed by atoms with Gasteiger partial charge in [-0.05, 0) is 51.8 Å². The smallest absolute Gasteiger partial charge is 0.407 e. The van der Waals surface area contributed by atoms with E-state index in [4.69, 9.17) is 47.9 Å². The molecule has 0 radical (unpaired) electrons. The average Bonchev–Trinajstić information content (AvgIpc) is 3.01. The maximum atomic E-state index is 14.1. The number of nitrogens with two attached hydrogens (primary N) is 1. The van der Waals surface area contributed by atoms with Crippen LogP contribution in [0.1, 0.15) is 12.0 Å². The lowest BCUT2D eigenvalue weighted by atomic mass is 9.90. The summed E-state index contributed by atoms with van der Waals surface area (Å²) in [6, 6.07) is 9.41. The molecule has 0 saturated heterocycles. The monoisotopic (exact) mass is 732 g/mol. The van der Waals surface area contributed by atoms with Crippen LogP contribution < -0.4 is 31.2 Å². The Labute approximate surface area is 277 Å². The quantitative estimate of drug-likeness (QED) is 0.214. The molecule has 0 heterocycles. The number of halogens is 4. The number of alkyl halides is 2. The van der Waals surface area contributed by atoms with E-state index >= 15 is 0 Å². The Bertz CT molecular complexity index is 1380. The minimum atomic E-state index is -1.32. The van der Waals surface area contributed by atoms with E-state index in [2.05, 4.69) is 31.9 Å². The molecule has 0 aromatic heterocycles. The van der Waals surface area contributed by atoms with E-state index < -0.39 is 54.2 Å². The third-order valence-electron chi connectivity index (χ3n) is 6.40. The minimum Gasteiger partial charge on any atom is -0.497 e. The molecule has 0 fully saturated rings. The third-order valence-corrected chi connectivity index (χ3v) is 7.43. The van der Waals surface area contributed by atoms with Crippen LogP contribution in [0.2, 0.25) is 0 Å². The van der Waals surface area contributed by atoms with Gasteiger partial charge in [-0.3, -0.25) is 9.59 Å². The van der Waals surface area contributed by atoms with E-state index in [1.165, 1.54) is 25.3 Å². The second-order valence-electron chi connectivity index (χ2n) is 9.58. The van der Waals surface area contributed by atoms with Crippen molar-refractivity contribution in [1.29, 1.82) is 0 Å². The molecule has 2 aromatic carbocycles. The summed E-state index contributed by atoms with van der Waals surface area (Å²) in [4.78, 5) is 51.1. The lowest BCUT2D eigenvalue weighted by Crippen LogP contribution is -2.52. The van der Waals surface area contributed by atoms with Crippen LogP contribution in [0.25, 0.3) is 0 Å². The predicted molar refractivity (Wildman–Crippen MR) is 167 cm³/mol. The summed E-state index contributed by atoms with van der Waals surface area (Å²) in [7, 11) is 1.52. The third kappa shape index (κ3) is 11.0. The summed E-state index contributed by atoms with van der Waals surface area (Å²) in [6.07, 6.45) is -4.53. The van der Waals surface area contributed by atoms with Crippen molar-refractivity contribution in [2.75, 3.05) is 32.0 Å². The fourth-order valence-electron chi connectivity index (χ4n) is 4.25. The molecule has 5 N–H and O–H groups in total. The number of primary amides is 1. The Morgan fingerprint density at radius 1 is 1.02 bits per heavy atom. The number of nitrogens with one attached hydrogen (secondary N) is 3. The van der Waals surface area contributed by atoms with Gasteiger partial charge in [0.15, 0.2) is 12.2 Å². The number of hydrogen-bond donors (Lipinski definition) is 4. The van der Waals surface area contributed by atoms with Crippen LogP contribution >= 0.6 is 39.1 Å². The Hall–Kier alpha value is -3.75. The largest absolute Gasteiger partial charge is 0.497 e. The molecule has 1 aliphatic carbocycles. The summed E-state index contributed by atoms with van der Waals surface area (Å²) in [5, 5.41) is 7.50. The SMILES string of the molecule is COc1ccc(C[C@H](NC(=O)C2=C[C@@H](Oc3cc(F)ccc3Br)[C@H](OC(=O)NCCCl)[C@H](OC(=O)NCCCl)C2)C(N)=O)cc1. The Morgan fingerprint density at radius 3 is 2.27 bits per heavy atom. The van der Waals surface area contributed by atoms with E-state index in [0.29, 0.717) is 15.8 Å². The van der Waals surface area contributed by atoms with E-state index in [1.807, 2.05) is 0 Å². The molecule has 4 atom stereocenters. The maximum absolute atomic E-state index is 14.1. The molecule has 0 saturated carbocycles. The number of carbonyl (C=O) groups excluding carboxylic acids is 4. The molecule has 1 aliphatic rings. The van der Waals surface area contributed by atoms with Gasteiger partial charge in [0, 0.05) is 49.3 Å². The van der Waals surface area contributed by atoms with Crippen LogP contribution in [0.4, 0.5) is 14.0 Å². The standard InChI is InChI=1S/C29H32BrCl2FN4O8/c1-42-19-5-2-16(3-6-19)12-21(26(34)38)37-27(39)17-13-23(43-22-15-18(33)4-7-20(22)30)25(45-29(41)36-11-9-32)24(14-17)44-28(40)35-10-8-31/h2-7,13,15,21,23-25H,8-12,14H2,1H3,(H2,34,38)(H,35,40)(H,36,41)(H,37,39)/t21-,23+,24+,25-/m0/s1. The highest BCUT2D eigenvalue weighted by atomic mass is 79.9. The molecular formula is C29H32BrCl2FN4O8. The van der Waals surface area contributed by atoms with E-state index in [0.717, 1.165) is 6.07 Å². The molecule has 0 bridgehead atoms. The Kier molecular flexibility index (Phi) is 14.0. The summed E-state index contributed by atoms with van der Waals surface area (Å²) < 4.78 is 36.8. The van der Waals surface area contributed by atoms with Crippen LogP contribution in [-0.4, -0.2) is 80.3 Å². The number of benzene rings is 2. The van der Waals surface area contributed by atoms with E-state index in [1.54, 1.807) is 24.3 Å². The van der Waals surface area contributed by atoms with Gasteiger partial charge in [-0.15, -0.1) is 23.2 Å². The second kappa shape index (κ2) is 17.7. The zero-order valence-corrected chi connectivity index (χ0v) is 27.1. The van der Waals surface area contributed by atoms with Gasteiger partial charge in [-0.25, -0.2) is 14.0 Å². The number of hydrogen-bond acceptors (Lipinski definition) is 8. The molecule has 0 unspecified atom stereocenters. The summed E-state index contributed by atoms with van der Waals surface area (Å²) >= 11 is 14.6. The zero-order valence-electron chi connectivity index (χ0n) is 24.0. The van der Waals surface area contributed by atoms with Crippen molar-refractivity contribution in [2.24, 2.45) is 5.73 Å². The number of amides is 4. The van der Waals surface area contributed by atoms with Gasteiger partial charge >= 0.3 is 12.2 Å². The Morgan fingerprint density at radius 2 is 1.67 bits per heavy atom. The number of rotatable bonds is 14. The first-order valence-corrected chi connectivity index (χ1v) is 15.5. The number of carbonyl (C=O) groups is 4. The predicted octanol–water partition coefficient (Wildman–Crippen LogP) is 3.55. The van der Waals surface area contributed by atoms with Crippen molar-refractivity contribution >= 4 is 63.1 Å². The van der Waals surface area contributed by atoms with Crippen LogP contribution in [0, 0.1) is 5.82 Å². The van der Waals surface area contributed by atoms with Gasteiger partial charge in [-0.2, -0.15) is 0 Å². The van der Waals surface area contributed by atoms with Crippen LogP contribution in [0.3, 0.4) is 0 Å². The molecule has 3 rings (SSSR count). The fraction of sp³-hybridized carbons (Fsp3) is 0.379. The number of methoxy groups -OCH3 is 1. The van der Waals surface area contributed by atoms with Crippen molar-refractivity contribution in [3.63, 3.8) is 0 Å². The van der Waals surface area contributed by atoms with Crippen LogP contribution in [0.5, 0.6) is 11.5 Å². The zero-order chi connectivity index (χ0) is 32.9. The summed E-state index contributed by atoms with van der Waals surface area (Å²) in [5.74, 6) is -1.34. The van der Waals surface area contributed by atoms with Crippen molar-refractivity contribution in [1.82, 2.24) is 16.0 Å². The molecule has 0 aliphatic heterocycles. The fourth-order valence-corrected chi connectivity index (χ4v) is 4.78. The van der Waals surface area contributed by atoms with Gasteiger partial charge in [0.1, 0.15) is 29.5 Å². The first-order valence-electron chi connectivity index (χ1n) is 13.6. The highest BCUT2D eigenvalue weighted by Gasteiger charge is 2.42. The van der Waals surface area contributed by atoms with Gasteiger partial charge < -0.3 is 40.6 Å². The van der Waals surface area contributed by atoms with Gasteiger partial charge in [-0.1, -0.05) is 12.1 Å². The van der Waals surface area contributed by atoms with Crippen molar-refractivity contribution < 1.29 is 42.5 Å². The first kappa shape index (κ1) is 35.7. The molecule has 2 aromatic rings.